The van der Waals surface area contributed by atoms with Crippen molar-refractivity contribution in [1.82, 2.24) is 9.97 Å². The smallest absolute Gasteiger partial charge is 0.296 e. The SMILES string of the molecule is NC(=NC(=O)c1cnc[nH]1)C1CC1. The van der Waals surface area contributed by atoms with E-state index in [1.54, 1.807) is 0 Å². The van der Waals surface area contributed by atoms with Gasteiger partial charge in [-0.2, -0.15) is 4.99 Å². The van der Waals surface area contributed by atoms with Crippen molar-refractivity contribution in [3.05, 3.63) is 18.2 Å². The van der Waals surface area contributed by atoms with Gasteiger partial charge in [0.15, 0.2) is 0 Å². The molecule has 0 aliphatic heterocycles. The van der Waals surface area contributed by atoms with Crippen LogP contribution in [0.1, 0.15) is 23.3 Å². The zero-order valence-corrected chi connectivity index (χ0v) is 7.03. The van der Waals surface area contributed by atoms with E-state index in [2.05, 4.69) is 15.0 Å². The second kappa shape index (κ2) is 3.01. The second-order valence-corrected chi connectivity index (χ2v) is 3.08. The second-order valence-electron chi connectivity index (χ2n) is 3.08. The molecule has 1 aromatic heterocycles. The van der Waals surface area contributed by atoms with Crippen molar-refractivity contribution in [3.8, 4) is 0 Å². The summed E-state index contributed by atoms with van der Waals surface area (Å²) < 4.78 is 0. The Morgan fingerprint density at radius 1 is 1.69 bits per heavy atom. The number of hydrogen-bond acceptors (Lipinski definition) is 2. The number of aromatic nitrogens is 2. The van der Waals surface area contributed by atoms with E-state index in [1.807, 2.05) is 0 Å². The fraction of sp³-hybridized carbons (Fsp3) is 0.375. The molecular formula is C8H10N4O. The number of nitrogens with zero attached hydrogens (tertiary/aromatic N) is 2. The number of hydrogen-bond donors (Lipinski definition) is 2. The number of nitrogens with one attached hydrogen (secondary N) is 1. The Morgan fingerprint density at radius 2 is 2.46 bits per heavy atom. The molecule has 2 rings (SSSR count). The molecular weight excluding hydrogens is 168 g/mol. The highest BCUT2D eigenvalue weighted by Gasteiger charge is 2.26. The molecule has 1 aliphatic carbocycles. The summed E-state index contributed by atoms with van der Waals surface area (Å²) in [7, 11) is 0. The number of rotatable bonds is 2. The Morgan fingerprint density at radius 3 is 3.00 bits per heavy atom. The molecule has 3 N–H and O–H groups in total. The van der Waals surface area contributed by atoms with Crippen molar-refractivity contribution in [3.63, 3.8) is 0 Å². The first kappa shape index (κ1) is 7.97. The van der Waals surface area contributed by atoms with Crippen LogP contribution in [0.5, 0.6) is 0 Å². The molecule has 68 valence electrons. The molecule has 5 nitrogen and oxygen atoms in total. The van der Waals surface area contributed by atoms with E-state index in [1.165, 1.54) is 12.5 Å². The van der Waals surface area contributed by atoms with E-state index in [0.29, 0.717) is 17.4 Å². The van der Waals surface area contributed by atoms with Crippen LogP contribution >= 0.6 is 0 Å². The molecule has 0 saturated heterocycles. The average Bonchev–Trinajstić information content (AvgIpc) is 2.81. The first-order valence-electron chi connectivity index (χ1n) is 4.14. The van der Waals surface area contributed by atoms with E-state index in [-0.39, 0.29) is 5.91 Å². The highest BCUT2D eigenvalue weighted by molar-refractivity contribution is 6.02. The average molecular weight is 178 g/mol. The van der Waals surface area contributed by atoms with Crippen molar-refractivity contribution in [2.75, 3.05) is 0 Å². The van der Waals surface area contributed by atoms with Gasteiger partial charge >= 0.3 is 0 Å². The molecule has 1 saturated carbocycles. The first-order chi connectivity index (χ1) is 6.27. The number of aromatic amines is 1. The van der Waals surface area contributed by atoms with Gasteiger partial charge in [-0.1, -0.05) is 0 Å². The Balaban J connectivity index is 2.09. The molecule has 0 radical (unpaired) electrons. The lowest BCUT2D eigenvalue weighted by molar-refractivity contribution is 0.0998. The monoisotopic (exact) mass is 178 g/mol. The number of imidazole rings is 1. The molecule has 0 spiro atoms. The van der Waals surface area contributed by atoms with Gasteiger partial charge in [0.05, 0.1) is 12.5 Å². The van der Waals surface area contributed by atoms with Crippen LogP contribution in [-0.2, 0) is 0 Å². The molecule has 1 amide bonds. The van der Waals surface area contributed by atoms with Gasteiger partial charge in [0, 0.05) is 5.92 Å². The summed E-state index contributed by atoms with van der Waals surface area (Å²) in [5, 5.41) is 0. The summed E-state index contributed by atoms with van der Waals surface area (Å²) in [4.78, 5) is 21.5. The number of amidine groups is 1. The zero-order valence-electron chi connectivity index (χ0n) is 7.03. The van der Waals surface area contributed by atoms with Gasteiger partial charge in [0.2, 0.25) is 0 Å². The van der Waals surface area contributed by atoms with Crippen LogP contribution in [0.25, 0.3) is 0 Å². The maximum absolute atomic E-state index is 11.3. The van der Waals surface area contributed by atoms with Gasteiger partial charge in [-0.15, -0.1) is 0 Å². The lowest BCUT2D eigenvalue weighted by Gasteiger charge is -1.94. The molecule has 1 heterocycles. The van der Waals surface area contributed by atoms with Gasteiger partial charge in [-0.25, -0.2) is 4.98 Å². The van der Waals surface area contributed by atoms with Crippen LogP contribution in [0.4, 0.5) is 0 Å². The van der Waals surface area contributed by atoms with E-state index in [4.69, 9.17) is 5.73 Å². The summed E-state index contributed by atoms with van der Waals surface area (Å²) in [6.45, 7) is 0. The van der Waals surface area contributed by atoms with Crippen LogP contribution in [0.15, 0.2) is 17.5 Å². The number of H-pyrrole nitrogens is 1. The normalized spacial score (nSPS) is 17.4. The Kier molecular flexibility index (Phi) is 1.84. The van der Waals surface area contributed by atoms with Crippen molar-refractivity contribution >= 4 is 11.7 Å². The van der Waals surface area contributed by atoms with Gasteiger partial charge in [-0.05, 0) is 12.8 Å². The fourth-order valence-corrected chi connectivity index (χ4v) is 1.02. The lowest BCUT2D eigenvalue weighted by atomic mass is 10.4. The van der Waals surface area contributed by atoms with Gasteiger partial charge in [-0.3, -0.25) is 4.79 Å². The summed E-state index contributed by atoms with van der Waals surface area (Å²) in [6, 6.07) is 0. The van der Waals surface area contributed by atoms with E-state index in [0.717, 1.165) is 12.8 Å². The highest BCUT2D eigenvalue weighted by atomic mass is 16.1. The summed E-state index contributed by atoms with van der Waals surface area (Å²) in [5.41, 5.74) is 5.96. The third-order valence-corrected chi connectivity index (χ3v) is 1.95. The Labute approximate surface area is 75.1 Å². The molecule has 0 bridgehead atoms. The van der Waals surface area contributed by atoms with E-state index >= 15 is 0 Å². The fourth-order valence-electron chi connectivity index (χ4n) is 1.02. The Hall–Kier alpha value is -1.65. The van der Waals surface area contributed by atoms with E-state index in [9.17, 15) is 4.79 Å². The van der Waals surface area contributed by atoms with Gasteiger partial charge in [0.1, 0.15) is 11.5 Å². The quantitative estimate of drug-likeness (QED) is 0.505. The third-order valence-electron chi connectivity index (χ3n) is 1.95. The maximum atomic E-state index is 11.3. The number of aliphatic imine (C=N–C) groups is 1. The molecule has 1 fully saturated rings. The largest absolute Gasteiger partial charge is 0.387 e. The van der Waals surface area contributed by atoms with Crippen LogP contribution in [0.3, 0.4) is 0 Å². The molecule has 1 aliphatic rings. The van der Waals surface area contributed by atoms with Crippen LogP contribution in [0.2, 0.25) is 0 Å². The van der Waals surface area contributed by atoms with E-state index < -0.39 is 0 Å². The lowest BCUT2D eigenvalue weighted by Crippen LogP contribution is -2.16. The minimum absolute atomic E-state index is 0.326. The van der Waals surface area contributed by atoms with Crippen LogP contribution in [0, 0.1) is 5.92 Å². The van der Waals surface area contributed by atoms with Gasteiger partial charge in [0.25, 0.3) is 5.91 Å². The van der Waals surface area contributed by atoms with Crippen LogP contribution in [-0.4, -0.2) is 21.7 Å². The van der Waals surface area contributed by atoms with Crippen molar-refractivity contribution in [1.29, 1.82) is 0 Å². The van der Waals surface area contributed by atoms with Crippen molar-refractivity contribution in [2.45, 2.75) is 12.8 Å². The summed E-state index contributed by atoms with van der Waals surface area (Å²) in [6.07, 6.45) is 4.97. The molecule has 13 heavy (non-hydrogen) atoms. The van der Waals surface area contributed by atoms with Crippen molar-refractivity contribution in [2.24, 2.45) is 16.6 Å². The van der Waals surface area contributed by atoms with Crippen molar-refractivity contribution < 1.29 is 4.79 Å². The number of carbonyl (C=O) groups is 1. The summed E-state index contributed by atoms with van der Waals surface area (Å²) >= 11 is 0. The molecule has 0 aromatic carbocycles. The third kappa shape index (κ3) is 1.74. The molecule has 0 unspecified atom stereocenters. The van der Waals surface area contributed by atoms with Gasteiger partial charge < -0.3 is 10.7 Å². The Bertz CT molecular complexity index is 337. The number of carbonyl (C=O) groups excluding carboxylic acids is 1. The standard InChI is InChI=1S/C8H10N4O/c9-7(5-1-2-5)12-8(13)6-3-10-4-11-6/h3-5H,1-2H2,(H,10,11)(H2,9,12,13). The number of amides is 1. The topological polar surface area (TPSA) is 84.1 Å². The molecule has 5 heteroatoms. The minimum atomic E-state index is -0.345. The minimum Gasteiger partial charge on any atom is -0.387 e. The molecule has 1 aromatic rings. The first-order valence-corrected chi connectivity index (χ1v) is 4.14. The predicted octanol–water partition coefficient (Wildman–Crippen LogP) is 0.317. The maximum Gasteiger partial charge on any atom is 0.296 e. The predicted molar refractivity (Wildman–Crippen MR) is 47.3 cm³/mol. The van der Waals surface area contributed by atoms with Crippen LogP contribution < -0.4 is 5.73 Å². The highest BCUT2D eigenvalue weighted by Crippen LogP contribution is 2.28. The summed E-state index contributed by atoms with van der Waals surface area (Å²) in [5.74, 6) is 0.424. The molecule has 0 atom stereocenters. The zero-order chi connectivity index (χ0) is 9.26. The number of nitrogens with two attached hydrogens (primary N) is 1.